The molecule has 0 atom stereocenters. The van der Waals surface area contributed by atoms with E-state index in [9.17, 15) is 4.79 Å². The fourth-order valence-electron chi connectivity index (χ4n) is 2.74. The second kappa shape index (κ2) is 7.56. The van der Waals surface area contributed by atoms with Crippen molar-refractivity contribution < 1.29 is 4.79 Å². The molecular formula is C22H15N5O. The minimum atomic E-state index is -0.305. The summed E-state index contributed by atoms with van der Waals surface area (Å²) in [5, 5.41) is 12.7. The molecule has 0 saturated carbocycles. The Labute approximate surface area is 161 Å². The number of aromatic amines is 1. The summed E-state index contributed by atoms with van der Waals surface area (Å²) in [6, 6.07) is 23.9. The van der Waals surface area contributed by atoms with E-state index >= 15 is 0 Å². The zero-order chi connectivity index (χ0) is 19.3. The molecule has 6 heteroatoms. The molecule has 0 radical (unpaired) electrons. The molecule has 134 valence electrons. The second-order valence-corrected chi connectivity index (χ2v) is 6.11. The number of fused-ring (bicyclic) bond motifs is 1. The number of hydrogen-bond acceptors (Lipinski definition) is 4. The first-order valence-electron chi connectivity index (χ1n) is 8.62. The van der Waals surface area contributed by atoms with E-state index in [4.69, 9.17) is 5.26 Å². The van der Waals surface area contributed by atoms with E-state index in [1.807, 2.05) is 36.4 Å². The third-order valence-electron chi connectivity index (χ3n) is 4.23. The molecule has 0 aliphatic heterocycles. The predicted octanol–water partition coefficient (Wildman–Crippen LogP) is 3.87. The van der Waals surface area contributed by atoms with Gasteiger partial charge in [-0.2, -0.15) is 10.4 Å². The van der Waals surface area contributed by atoms with Gasteiger partial charge in [0, 0.05) is 11.1 Å². The van der Waals surface area contributed by atoms with Gasteiger partial charge in [-0.1, -0.05) is 36.4 Å². The van der Waals surface area contributed by atoms with Gasteiger partial charge < -0.3 is 4.98 Å². The van der Waals surface area contributed by atoms with Crippen molar-refractivity contribution in [2.75, 3.05) is 0 Å². The standard InChI is InChI=1S/C22H15N5O/c23-13-15-5-7-16(8-6-15)14-24-27-22(28)18-11-9-17(10-12-18)21-25-19-3-1-2-4-20(19)26-21/h1-12,14H,(H,25,26)(H,27,28)/b24-14+. The fraction of sp³-hybridized carbons (Fsp3) is 0. The van der Waals surface area contributed by atoms with Gasteiger partial charge in [-0.05, 0) is 42.0 Å². The Morgan fingerprint density at radius 2 is 1.79 bits per heavy atom. The van der Waals surface area contributed by atoms with Crippen molar-refractivity contribution in [2.24, 2.45) is 5.10 Å². The van der Waals surface area contributed by atoms with Crippen LogP contribution in [0.1, 0.15) is 21.5 Å². The number of carbonyl (C=O) groups is 1. The van der Waals surface area contributed by atoms with Gasteiger partial charge in [0.2, 0.25) is 0 Å². The summed E-state index contributed by atoms with van der Waals surface area (Å²) >= 11 is 0. The number of hydrazone groups is 1. The molecule has 0 aliphatic rings. The summed E-state index contributed by atoms with van der Waals surface area (Å²) in [5.41, 5.74) is 7.13. The fourth-order valence-corrected chi connectivity index (χ4v) is 2.74. The highest BCUT2D eigenvalue weighted by atomic mass is 16.2. The van der Waals surface area contributed by atoms with Crippen LogP contribution in [0.5, 0.6) is 0 Å². The van der Waals surface area contributed by atoms with E-state index in [0.717, 1.165) is 28.0 Å². The minimum Gasteiger partial charge on any atom is -0.338 e. The van der Waals surface area contributed by atoms with Crippen molar-refractivity contribution >= 4 is 23.2 Å². The Balaban J connectivity index is 1.43. The number of rotatable bonds is 4. The van der Waals surface area contributed by atoms with Gasteiger partial charge in [0.05, 0.1) is 28.9 Å². The first kappa shape index (κ1) is 17.2. The highest BCUT2D eigenvalue weighted by molar-refractivity contribution is 5.95. The third kappa shape index (κ3) is 3.64. The molecule has 0 saturated heterocycles. The molecular weight excluding hydrogens is 350 g/mol. The summed E-state index contributed by atoms with van der Waals surface area (Å²) in [7, 11) is 0. The summed E-state index contributed by atoms with van der Waals surface area (Å²) in [6.45, 7) is 0. The number of hydrogen-bond donors (Lipinski definition) is 2. The molecule has 4 rings (SSSR count). The number of H-pyrrole nitrogens is 1. The van der Waals surface area contributed by atoms with Crippen molar-refractivity contribution in [3.8, 4) is 17.5 Å². The maximum Gasteiger partial charge on any atom is 0.271 e. The van der Waals surface area contributed by atoms with Crippen LogP contribution < -0.4 is 5.43 Å². The van der Waals surface area contributed by atoms with Crippen molar-refractivity contribution in [1.29, 1.82) is 5.26 Å². The number of nitrogens with zero attached hydrogens (tertiary/aromatic N) is 3. The first-order chi connectivity index (χ1) is 13.7. The topological polar surface area (TPSA) is 93.9 Å². The normalized spacial score (nSPS) is 10.8. The number of imidazole rings is 1. The maximum absolute atomic E-state index is 12.2. The highest BCUT2D eigenvalue weighted by Gasteiger charge is 2.07. The molecule has 6 nitrogen and oxygen atoms in total. The third-order valence-corrected chi connectivity index (χ3v) is 4.23. The molecule has 0 unspecified atom stereocenters. The summed E-state index contributed by atoms with van der Waals surface area (Å²) in [5.74, 6) is 0.452. The van der Waals surface area contributed by atoms with Crippen LogP contribution in [0, 0.1) is 11.3 Å². The number of para-hydroxylation sites is 2. The van der Waals surface area contributed by atoms with Crippen LogP contribution in [-0.2, 0) is 0 Å². The number of carbonyl (C=O) groups excluding carboxylic acids is 1. The van der Waals surface area contributed by atoms with Gasteiger partial charge in [0.1, 0.15) is 5.82 Å². The number of aromatic nitrogens is 2. The molecule has 0 aliphatic carbocycles. The van der Waals surface area contributed by atoms with Gasteiger partial charge in [-0.15, -0.1) is 0 Å². The van der Waals surface area contributed by atoms with Crippen LogP contribution in [0.15, 0.2) is 77.9 Å². The molecule has 1 heterocycles. The smallest absolute Gasteiger partial charge is 0.271 e. The van der Waals surface area contributed by atoms with Gasteiger partial charge in [0.15, 0.2) is 0 Å². The van der Waals surface area contributed by atoms with Crippen LogP contribution >= 0.6 is 0 Å². The van der Waals surface area contributed by atoms with E-state index in [2.05, 4.69) is 26.6 Å². The lowest BCUT2D eigenvalue weighted by atomic mass is 10.1. The number of benzene rings is 3. The number of nitriles is 1. The molecule has 0 bridgehead atoms. The van der Waals surface area contributed by atoms with Crippen LogP contribution in [0.25, 0.3) is 22.4 Å². The Hall–Kier alpha value is -4.24. The Morgan fingerprint density at radius 3 is 2.50 bits per heavy atom. The lowest BCUT2D eigenvalue weighted by molar-refractivity contribution is 0.0955. The molecule has 1 amide bonds. The van der Waals surface area contributed by atoms with Crippen molar-refractivity contribution in [2.45, 2.75) is 0 Å². The van der Waals surface area contributed by atoms with Gasteiger partial charge in [0.25, 0.3) is 5.91 Å². The monoisotopic (exact) mass is 365 g/mol. The molecule has 3 aromatic carbocycles. The molecule has 0 spiro atoms. The van der Waals surface area contributed by atoms with Gasteiger partial charge >= 0.3 is 0 Å². The Bertz CT molecular complexity index is 1170. The van der Waals surface area contributed by atoms with E-state index < -0.39 is 0 Å². The molecule has 1 aromatic heterocycles. The van der Waals surface area contributed by atoms with Crippen LogP contribution in [-0.4, -0.2) is 22.1 Å². The Kier molecular flexibility index (Phi) is 4.64. The average molecular weight is 365 g/mol. The van der Waals surface area contributed by atoms with Gasteiger partial charge in [-0.25, -0.2) is 10.4 Å². The quantitative estimate of drug-likeness (QED) is 0.425. The average Bonchev–Trinajstić information content (AvgIpc) is 3.18. The zero-order valence-electron chi connectivity index (χ0n) is 14.8. The van der Waals surface area contributed by atoms with E-state index in [0.29, 0.717) is 11.1 Å². The highest BCUT2D eigenvalue weighted by Crippen LogP contribution is 2.20. The van der Waals surface area contributed by atoms with E-state index in [1.54, 1.807) is 36.4 Å². The first-order valence-corrected chi connectivity index (χ1v) is 8.62. The lowest BCUT2D eigenvalue weighted by Crippen LogP contribution is -2.17. The van der Waals surface area contributed by atoms with Gasteiger partial charge in [-0.3, -0.25) is 4.79 Å². The Morgan fingerprint density at radius 1 is 1.04 bits per heavy atom. The van der Waals surface area contributed by atoms with Crippen molar-refractivity contribution in [3.05, 3.63) is 89.5 Å². The predicted molar refractivity (Wildman–Crippen MR) is 108 cm³/mol. The van der Waals surface area contributed by atoms with Crippen LogP contribution in [0.4, 0.5) is 0 Å². The number of nitrogens with one attached hydrogen (secondary N) is 2. The summed E-state index contributed by atoms with van der Waals surface area (Å²) < 4.78 is 0. The molecule has 2 N–H and O–H groups in total. The largest absolute Gasteiger partial charge is 0.338 e. The maximum atomic E-state index is 12.2. The SMILES string of the molecule is N#Cc1ccc(/C=N/NC(=O)c2ccc(-c3nc4ccccc4[nH]3)cc2)cc1. The van der Waals surface area contributed by atoms with E-state index in [1.165, 1.54) is 6.21 Å². The van der Waals surface area contributed by atoms with Crippen molar-refractivity contribution in [3.63, 3.8) is 0 Å². The lowest BCUT2D eigenvalue weighted by Gasteiger charge is -2.01. The zero-order valence-corrected chi connectivity index (χ0v) is 14.8. The molecule has 4 aromatic rings. The van der Waals surface area contributed by atoms with E-state index in [-0.39, 0.29) is 5.91 Å². The van der Waals surface area contributed by atoms with Crippen LogP contribution in [0.3, 0.4) is 0 Å². The minimum absolute atomic E-state index is 0.305. The summed E-state index contributed by atoms with van der Waals surface area (Å²) in [6.07, 6.45) is 1.53. The van der Waals surface area contributed by atoms with Crippen LogP contribution in [0.2, 0.25) is 0 Å². The van der Waals surface area contributed by atoms with Crippen molar-refractivity contribution in [1.82, 2.24) is 15.4 Å². The number of amides is 1. The molecule has 0 fully saturated rings. The molecule has 28 heavy (non-hydrogen) atoms. The second-order valence-electron chi connectivity index (χ2n) is 6.11. The summed E-state index contributed by atoms with van der Waals surface area (Å²) in [4.78, 5) is 20.1.